The number of nitrogens with zero attached hydrogens (tertiary/aromatic N) is 1. The van der Waals surface area contributed by atoms with Crippen LogP contribution in [0.15, 0.2) is 23.7 Å². The first kappa shape index (κ1) is 8.91. The lowest BCUT2D eigenvalue weighted by atomic mass is 9.83. The highest BCUT2D eigenvalue weighted by molar-refractivity contribution is 7.03. The molecule has 0 aromatic carbocycles. The van der Waals surface area contributed by atoms with Crippen LogP contribution in [0.25, 0.3) is 0 Å². The molecule has 70 valence electrons. The second-order valence-corrected chi connectivity index (χ2v) is 4.37. The molecule has 1 N–H and O–H groups in total. The van der Waals surface area contributed by atoms with Crippen LogP contribution in [0.2, 0.25) is 0 Å². The van der Waals surface area contributed by atoms with Gasteiger partial charge in [-0.2, -0.15) is 0 Å². The van der Waals surface area contributed by atoms with Crippen LogP contribution in [-0.2, 0) is 5.60 Å². The first-order valence-electron chi connectivity index (χ1n) is 4.52. The molecule has 2 rings (SSSR count). The molecule has 1 aromatic rings. The molecular formula is C10H13NOS. The van der Waals surface area contributed by atoms with Gasteiger partial charge in [-0.25, -0.2) is 4.37 Å². The van der Waals surface area contributed by atoms with Crippen LogP contribution >= 0.6 is 11.5 Å². The van der Waals surface area contributed by atoms with Crippen molar-refractivity contribution in [1.29, 1.82) is 0 Å². The maximum Gasteiger partial charge on any atom is 0.110 e. The molecule has 1 aliphatic rings. The Kier molecular flexibility index (Phi) is 2.22. The average molecular weight is 195 g/mol. The minimum Gasteiger partial charge on any atom is -0.381 e. The molecule has 0 bridgehead atoms. The summed E-state index contributed by atoms with van der Waals surface area (Å²) >= 11 is 1.39. The SMILES string of the molecule is CC1C=CC(O)(c2cnsc2)CC1. The fraction of sp³-hybridized carbons (Fsp3) is 0.500. The van der Waals surface area contributed by atoms with Crippen molar-refractivity contribution in [3.05, 3.63) is 29.3 Å². The van der Waals surface area contributed by atoms with Crippen molar-refractivity contribution in [2.24, 2.45) is 5.92 Å². The van der Waals surface area contributed by atoms with E-state index in [1.165, 1.54) is 11.5 Å². The van der Waals surface area contributed by atoms with Crippen molar-refractivity contribution >= 4 is 11.5 Å². The predicted octanol–water partition coefficient (Wildman–Crippen LogP) is 2.32. The maximum atomic E-state index is 10.2. The van der Waals surface area contributed by atoms with Crippen LogP contribution < -0.4 is 0 Å². The van der Waals surface area contributed by atoms with E-state index in [4.69, 9.17) is 0 Å². The van der Waals surface area contributed by atoms with Crippen molar-refractivity contribution in [2.45, 2.75) is 25.4 Å². The highest BCUT2D eigenvalue weighted by Crippen LogP contribution is 2.34. The lowest BCUT2D eigenvalue weighted by Crippen LogP contribution is -2.25. The Bertz CT molecular complexity index is 307. The van der Waals surface area contributed by atoms with E-state index in [-0.39, 0.29) is 0 Å². The zero-order valence-electron chi connectivity index (χ0n) is 7.60. The van der Waals surface area contributed by atoms with Crippen LogP contribution in [0.5, 0.6) is 0 Å². The van der Waals surface area contributed by atoms with Gasteiger partial charge in [-0.15, -0.1) is 0 Å². The van der Waals surface area contributed by atoms with Crippen LogP contribution in [0.3, 0.4) is 0 Å². The lowest BCUT2D eigenvalue weighted by Gasteiger charge is -2.28. The summed E-state index contributed by atoms with van der Waals surface area (Å²) < 4.78 is 4.01. The van der Waals surface area contributed by atoms with Gasteiger partial charge in [0.2, 0.25) is 0 Å². The lowest BCUT2D eigenvalue weighted by molar-refractivity contribution is 0.0676. The molecule has 0 fully saturated rings. The van der Waals surface area contributed by atoms with Gasteiger partial charge < -0.3 is 5.11 Å². The van der Waals surface area contributed by atoms with E-state index in [0.717, 1.165) is 18.4 Å². The van der Waals surface area contributed by atoms with Gasteiger partial charge in [0.15, 0.2) is 0 Å². The van der Waals surface area contributed by atoms with Gasteiger partial charge in [0, 0.05) is 17.1 Å². The standard InChI is InChI=1S/C10H13NOS/c1-8-2-4-10(12,5-3-8)9-6-11-13-7-9/h2,4,6-8,12H,3,5H2,1H3. The third-order valence-electron chi connectivity index (χ3n) is 2.61. The Morgan fingerprint density at radius 3 is 3.08 bits per heavy atom. The summed E-state index contributed by atoms with van der Waals surface area (Å²) in [7, 11) is 0. The van der Waals surface area contributed by atoms with Crippen molar-refractivity contribution in [3.63, 3.8) is 0 Å². The monoisotopic (exact) mass is 195 g/mol. The summed E-state index contributed by atoms with van der Waals surface area (Å²) in [6.07, 6.45) is 7.60. The summed E-state index contributed by atoms with van der Waals surface area (Å²) in [6.45, 7) is 2.17. The third-order valence-corrected chi connectivity index (χ3v) is 3.20. The molecule has 0 saturated carbocycles. The predicted molar refractivity (Wildman–Crippen MR) is 53.5 cm³/mol. The number of aliphatic hydroxyl groups is 1. The van der Waals surface area contributed by atoms with Gasteiger partial charge >= 0.3 is 0 Å². The summed E-state index contributed by atoms with van der Waals surface area (Å²) in [6, 6.07) is 0. The van der Waals surface area contributed by atoms with Crippen LogP contribution in [0, 0.1) is 5.92 Å². The molecule has 0 amide bonds. The van der Waals surface area contributed by atoms with Gasteiger partial charge in [-0.1, -0.05) is 19.1 Å². The van der Waals surface area contributed by atoms with Gasteiger partial charge in [-0.3, -0.25) is 0 Å². The second-order valence-electron chi connectivity index (χ2n) is 3.71. The molecule has 13 heavy (non-hydrogen) atoms. The molecule has 3 heteroatoms. The molecule has 0 saturated heterocycles. The third kappa shape index (κ3) is 1.67. The first-order chi connectivity index (χ1) is 6.21. The molecular weight excluding hydrogens is 182 g/mol. The molecule has 1 aliphatic carbocycles. The van der Waals surface area contributed by atoms with E-state index in [9.17, 15) is 5.11 Å². The topological polar surface area (TPSA) is 33.1 Å². The van der Waals surface area contributed by atoms with Crippen molar-refractivity contribution in [3.8, 4) is 0 Å². The zero-order chi connectivity index (χ0) is 9.31. The zero-order valence-corrected chi connectivity index (χ0v) is 8.42. The molecule has 1 aromatic heterocycles. The Hall–Kier alpha value is -0.670. The first-order valence-corrected chi connectivity index (χ1v) is 5.36. The Morgan fingerprint density at radius 2 is 2.54 bits per heavy atom. The maximum absolute atomic E-state index is 10.2. The molecule has 0 aliphatic heterocycles. The van der Waals surface area contributed by atoms with Crippen LogP contribution in [0.4, 0.5) is 0 Å². The van der Waals surface area contributed by atoms with Crippen molar-refractivity contribution < 1.29 is 5.11 Å². The Morgan fingerprint density at radius 1 is 1.69 bits per heavy atom. The van der Waals surface area contributed by atoms with Gasteiger partial charge in [-0.05, 0) is 30.3 Å². The highest BCUT2D eigenvalue weighted by Gasteiger charge is 2.29. The Balaban J connectivity index is 2.27. The quantitative estimate of drug-likeness (QED) is 0.698. The summed E-state index contributed by atoms with van der Waals surface area (Å²) in [5, 5.41) is 12.1. The van der Waals surface area contributed by atoms with E-state index in [2.05, 4.69) is 17.4 Å². The van der Waals surface area contributed by atoms with E-state index in [1.54, 1.807) is 6.20 Å². The van der Waals surface area contributed by atoms with E-state index < -0.39 is 5.60 Å². The molecule has 0 spiro atoms. The largest absolute Gasteiger partial charge is 0.381 e. The molecule has 2 nitrogen and oxygen atoms in total. The van der Waals surface area contributed by atoms with Crippen LogP contribution in [0.1, 0.15) is 25.3 Å². The molecule has 1 heterocycles. The van der Waals surface area contributed by atoms with E-state index in [0.29, 0.717) is 5.92 Å². The second kappa shape index (κ2) is 3.24. The van der Waals surface area contributed by atoms with Gasteiger partial charge in [0.1, 0.15) is 5.60 Å². The number of aromatic nitrogens is 1. The molecule has 2 unspecified atom stereocenters. The van der Waals surface area contributed by atoms with Crippen molar-refractivity contribution in [1.82, 2.24) is 4.37 Å². The summed E-state index contributed by atoms with van der Waals surface area (Å²) in [5.41, 5.74) is 0.181. The highest BCUT2D eigenvalue weighted by atomic mass is 32.1. The minimum absolute atomic E-state index is 0.590. The number of hydrogen-bond acceptors (Lipinski definition) is 3. The molecule has 2 atom stereocenters. The van der Waals surface area contributed by atoms with Crippen molar-refractivity contribution in [2.75, 3.05) is 0 Å². The number of allylic oxidation sites excluding steroid dienone is 1. The summed E-state index contributed by atoms with van der Waals surface area (Å²) in [5.74, 6) is 0.590. The summed E-state index contributed by atoms with van der Waals surface area (Å²) in [4.78, 5) is 0. The van der Waals surface area contributed by atoms with E-state index >= 15 is 0 Å². The smallest absolute Gasteiger partial charge is 0.110 e. The van der Waals surface area contributed by atoms with Gasteiger partial charge in [0.05, 0.1) is 0 Å². The average Bonchev–Trinajstić information content (AvgIpc) is 2.63. The fourth-order valence-electron chi connectivity index (χ4n) is 1.61. The number of rotatable bonds is 1. The minimum atomic E-state index is -0.750. The van der Waals surface area contributed by atoms with Gasteiger partial charge in [0.25, 0.3) is 0 Å². The molecule has 0 radical (unpaired) electrons. The fourth-order valence-corrected chi connectivity index (χ4v) is 2.22. The Labute approximate surface area is 82.1 Å². The number of hydrogen-bond donors (Lipinski definition) is 1. The van der Waals surface area contributed by atoms with Crippen LogP contribution in [-0.4, -0.2) is 9.48 Å². The normalized spacial score (nSPS) is 33.5. The van der Waals surface area contributed by atoms with E-state index in [1.807, 2.05) is 11.5 Å².